The molecule has 0 amide bonds. The fraction of sp³-hybridized carbons (Fsp3) is 0.952. The van der Waals surface area contributed by atoms with Gasteiger partial charge in [0.25, 0.3) is 0 Å². The van der Waals surface area contributed by atoms with Crippen molar-refractivity contribution in [3.05, 3.63) is 0 Å². The predicted octanol–water partition coefficient (Wildman–Crippen LogP) is 24.8. The SMILES string of the molecule is CCC(C)CCCCCCCCCCCCCCCCCCCCC(=O)OC[C@H](COP(=O)(O)OCC(O)COP(=O)(O)OC[C@@H](COC(=O)CCCCCCCCCCC(C)C)OC(=O)CCCCCCCCCCCC(C)C)OC(=O)CCCCCCCCCCCCCCCCC(C)C. The Kier molecular flexibility index (Phi) is 70.6. The van der Waals surface area contributed by atoms with Crippen LogP contribution in [-0.4, -0.2) is 96.7 Å². The van der Waals surface area contributed by atoms with E-state index < -0.39 is 97.5 Å². The summed E-state index contributed by atoms with van der Waals surface area (Å²) in [7, 11) is -9.92. The Bertz CT molecular complexity index is 1990. The van der Waals surface area contributed by atoms with Crippen LogP contribution in [0.5, 0.6) is 0 Å². The lowest BCUT2D eigenvalue weighted by Gasteiger charge is -2.21. The molecule has 0 saturated heterocycles. The molecule has 0 aromatic carbocycles. The fourth-order valence-corrected chi connectivity index (χ4v) is 14.3. The molecule has 0 aliphatic heterocycles. The molecule has 0 aliphatic rings. The molecule has 17 nitrogen and oxygen atoms in total. The quantitative estimate of drug-likeness (QED) is 0.0222. The maximum absolute atomic E-state index is 13.1. The Morgan fingerprint density at radius 1 is 0.275 bits per heavy atom. The van der Waals surface area contributed by atoms with E-state index in [1.807, 2.05) is 0 Å². The largest absolute Gasteiger partial charge is 0.472 e. The summed E-state index contributed by atoms with van der Waals surface area (Å²) in [5, 5.41) is 10.6. The Labute approximate surface area is 626 Å². The van der Waals surface area contributed by atoms with Gasteiger partial charge in [-0.25, -0.2) is 9.13 Å². The summed E-state index contributed by atoms with van der Waals surface area (Å²) in [6.07, 6.45) is 59.8. The Balaban J connectivity index is 5.21. The van der Waals surface area contributed by atoms with Gasteiger partial charge in [-0.3, -0.25) is 37.3 Å². The molecule has 0 saturated carbocycles. The third-order valence-corrected chi connectivity index (χ3v) is 21.6. The molecule has 0 fully saturated rings. The zero-order valence-electron chi connectivity index (χ0n) is 67.2. The number of phosphoric ester groups is 2. The molecule has 19 heteroatoms. The zero-order valence-corrected chi connectivity index (χ0v) is 69.0. The smallest absolute Gasteiger partial charge is 0.462 e. The lowest BCUT2D eigenvalue weighted by Crippen LogP contribution is -2.30. The van der Waals surface area contributed by atoms with E-state index in [9.17, 15) is 43.2 Å². The molecule has 0 aromatic rings. The van der Waals surface area contributed by atoms with Crippen LogP contribution in [0.4, 0.5) is 0 Å². The highest BCUT2D eigenvalue weighted by Gasteiger charge is 2.30. The molecule has 0 rings (SSSR count). The van der Waals surface area contributed by atoms with Crippen LogP contribution in [0.3, 0.4) is 0 Å². The van der Waals surface area contributed by atoms with Crippen molar-refractivity contribution >= 4 is 39.5 Å². The van der Waals surface area contributed by atoms with Gasteiger partial charge in [-0.1, -0.05) is 376 Å². The highest BCUT2D eigenvalue weighted by Crippen LogP contribution is 2.45. The number of phosphoric acid groups is 2. The van der Waals surface area contributed by atoms with Crippen LogP contribution in [0.1, 0.15) is 428 Å². The zero-order chi connectivity index (χ0) is 75.3. The third kappa shape index (κ3) is 74.9. The van der Waals surface area contributed by atoms with Crippen LogP contribution in [0.15, 0.2) is 0 Å². The molecule has 6 atom stereocenters. The average Bonchev–Trinajstić information content (AvgIpc) is 0.965. The van der Waals surface area contributed by atoms with Gasteiger partial charge in [0.15, 0.2) is 12.2 Å². The van der Waals surface area contributed by atoms with Crippen molar-refractivity contribution in [1.29, 1.82) is 0 Å². The van der Waals surface area contributed by atoms with Crippen molar-refractivity contribution in [1.82, 2.24) is 0 Å². The number of hydrogen-bond donors (Lipinski definition) is 3. The molecular weight excluding hydrogens is 1330 g/mol. The van der Waals surface area contributed by atoms with E-state index in [2.05, 4.69) is 55.4 Å². The van der Waals surface area contributed by atoms with Crippen molar-refractivity contribution in [2.45, 2.75) is 446 Å². The molecule has 3 N–H and O–H groups in total. The summed E-state index contributed by atoms with van der Waals surface area (Å²) in [5.74, 6) is 1.02. The van der Waals surface area contributed by atoms with E-state index in [-0.39, 0.29) is 25.7 Å². The van der Waals surface area contributed by atoms with Crippen molar-refractivity contribution in [2.24, 2.45) is 23.7 Å². The number of carbonyl (C=O) groups is 4. The van der Waals surface area contributed by atoms with Crippen LogP contribution in [0, 0.1) is 23.7 Å². The van der Waals surface area contributed by atoms with E-state index in [1.165, 1.54) is 231 Å². The molecule has 0 bridgehead atoms. The van der Waals surface area contributed by atoms with E-state index in [0.29, 0.717) is 25.7 Å². The second-order valence-corrected chi connectivity index (χ2v) is 34.4. The summed E-state index contributed by atoms with van der Waals surface area (Å²) in [4.78, 5) is 73.1. The first kappa shape index (κ1) is 100. The van der Waals surface area contributed by atoms with Crippen LogP contribution >= 0.6 is 15.6 Å². The minimum atomic E-state index is -4.96. The second-order valence-electron chi connectivity index (χ2n) is 31.5. The molecule has 102 heavy (non-hydrogen) atoms. The van der Waals surface area contributed by atoms with Gasteiger partial charge >= 0.3 is 39.5 Å². The van der Waals surface area contributed by atoms with Gasteiger partial charge in [0, 0.05) is 25.7 Å². The van der Waals surface area contributed by atoms with Crippen molar-refractivity contribution in [3.63, 3.8) is 0 Å². The molecule has 0 aromatic heterocycles. The van der Waals surface area contributed by atoms with Gasteiger partial charge in [0.2, 0.25) is 0 Å². The highest BCUT2D eigenvalue weighted by atomic mass is 31.2. The number of unbranched alkanes of at least 4 members (excludes halogenated alkanes) is 45. The summed E-state index contributed by atoms with van der Waals surface area (Å²) < 4.78 is 68.7. The summed E-state index contributed by atoms with van der Waals surface area (Å²) in [6, 6.07) is 0. The number of ether oxygens (including phenoxy) is 4. The molecule has 4 unspecified atom stereocenters. The third-order valence-electron chi connectivity index (χ3n) is 19.7. The number of hydrogen-bond acceptors (Lipinski definition) is 15. The molecule has 0 spiro atoms. The molecule has 0 aliphatic carbocycles. The maximum Gasteiger partial charge on any atom is 0.472 e. The normalized spacial score (nSPS) is 14.3. The predicted molar refractivity (Wildman–Crippen MR) is 418 cm³/mol. The first-order valence-electron chi connectivity index (χ1n) is 42.7. The van der Waals surface area contributed by atoms with Gasteiger partial charge < -0.3 is 33.8 Å². The highest BCUT2D eigenvalue weighted by molar-refractivity contribution is 7.47. The fourth-order valence-electron chi connectivity index (χ4n) is 12.8. The number of aliphatic hydroxyl groups excluding tert-OH is 1. The van der Waals surface area contributed by atoms with Crippen LogP contribution in [0.25, 0.3) is 0 Å². The van der Waals surface area contributed by atoms with E-state index >= 15 is 0 Å². The van der Waals surface area contributed by atoms with Crippen molar-refractivity contribution in [2.75, 3.05) is 39.6 Å². The topological polar surface area (TPSA) is 237 Å². The summed E-state index contributed by atoms with van der Waals surface area (Å²) in [5.41, 5.74) is 0. The summed E-state index contributed by atoms with van der Waals surface area (Å²) >= 11 is 0. The van der Waals surface area contributed by atoms with Gasteiger partial charge in [-0.15, -0.1) is 0 Å². The van der Waals surface area contributed by atoms with E-state index in [1.54, 1.807) is 0 Å². The number of esters is 4. The number of aliphatic hydroxyl groups is 1. The Morgan fingerprint density at radius 3 is 0.696 bits per heavy atom. The van der Waals surface area contributed by atoms with Gasteiger partial charge in [-0.2, -0.15) is 0 Å². The lowest BCUT2D eigenvalue weighted by molar-refractivity contribution is -0.161. The first-order valence-corrected chi connectivity index (χ1v) is 45.7. The van der Waals surface area contributed by atoms with Crippen molar-refractivity contribution in [3.8, 4) is 0 Å². The van der Waals surface area contributed by atoms with Gasteiger partial charge in [-0.05, 0) is 49.4 Å². The molecular formula is C83H162O17P2. The molecule has 606 valence electrons. The monoisotopic (exact) mass is 1490 g/mol. The standard InChI is InChI=1S/C83H162O17P2/c1-9-76(8)62-54-46-38-29-23-19-14-12-10-11-13-15-20-24-30-39-47-55-63-80(85)93-69-78(99-82(87)65-57-49-41-31-25-21-17-16-18-22-27-35-43-51-59-73(2)3)71-97-101(89,90)95-67-77(84)68-96-102(91,92)98-72-79(70-94-81(86)64-56-48-40-34-33-37-45-53-61-75(6)7)100-83(88)66-58-50-42-32-26-28-36-44-52-60-74(4)5/h73-79,84H,9-72H2,1-8H3,(H,89,90)(H,91,92)/t76?,77?,78-,79-/m1/s1. The minimum absolute atomic E-state index is 0.105. The molecule has 0 heterocycles. The first-order chi connectivity index (χ1) is 49.1. The molecule has 0 radical (unpaired) electrons. The minimum Gasteiger partial charge on any atom is -0.462 e. The van der Waals surface area contributed by atoms with E-state index in [4.69, 9.17) is 37.0 Å². The summed E-state index contributed by atoms with van der Waals surface area (Å²) in [6.45, 7) is 14.3. The van der Waals surface area contributed by atoms with Gasteiger partial charge in [0.05, 0.1) is 26.4 Å². The van der Waals surface area contributed by atoms with Crippen LogP contribution in [0.2, 0.25) is 0 Å². The average molecular weight is 1490 g/mol. The van der Waals surface area contributed by atoms with Crippen LogP contribution in [-0.2, 0) is 65.4 Å². The number of rotatable bonds is 80. The Morgan fingerprint density at radius 2 is 0.471 bits per heavy atom. The van der Waals surface area contributed by atoms with E-state index in [0.717, 1.165) is 114 Å². The number of carbonyl (C=O) groups excluding carboxylic acids is 4. The van der Waals surface area contributed by atoms with Crippen molar-refractivity contribution < 1.29 is 80.2 Å². The second kappa shape index (κ2) is 72.0. The lowest BCUT2D eigenvalue weighted by atomic mass is 9.99. The van der Waals surface area contributed by atoms with Gasteiger partial charge in [0.1, 0.15) is 19.3 Å². The Hall–Kier alpha value is -1.94. The van der Waals surface area contributed by atoms with Crippen LogP contribution < -0.4 is 0 Å². The maximum atomic E-state index is 13.1.